The molecule has 24 aromatic rings. The van der Waals surface area contributed by atoms with E-state index in [4.69, 9.17) is 0 Å². The quantitative estimate of drug-likeness (QED) is 0.125. The Bertz CT molecular complexity index is 8590. The Kier molecular flexibility index (Phi) is 20.6. The van der Waals surface area contributed by atoms with Crippen LogP contribution in [0.25, 0.3) is 177 Å². The average Bonchev–Trinajstić information content (AvgIpc) is 1.54. The summed E-state index contributed by atoms with van der Waals surface area (Å²) >= 11 is 3.58. The van der Waals surface area contributed by atoms with Gasteiger partial charge in [0.25, 0.3) is 0 Å². The molecular weight excluding hydrogens is 1690 g/mol. The predicted molar refractivity (Wildman–Crippen MR) is 572 cm³/mol. The van der Waals surface area contributed by atoms with Crippen LogP contribution in [0.5, 0.6) is 0 Å². The molecule has 7 heteroatoms. The van der Waals surface area contributed by atoms with Gasteiger partial charge in [-0.05, 0) is 259 Å². The Balaban J connectivity index is 0.000000126. The molecule has 6 nitrogen and oxygen atoms in total. The first kappa shape index (κ1) is 82.1. The summed E-state index contributed by atoms with van der Waals surface area (Å²) in [6.45, 7) is 9.34. The number of rotatable bonds is 13. The first-order valence-electron chi connectivity index (χ1n) is 45.9. The van der Waals surface area contributed by atoms with E-state index >= 15 is 0 Å². The SMILES string of the molecule is Brc1ccc(-c2ccc3c(c2)c2ccc4c(c5ccccc5n4-c4ccccc4)c2n3-c2ccccc2)cc1.C.CC1(C)c2ccccc2-c2ccc(N(c3ccc(-c4ccccc4)cc3)c3ccc(-c4ccc5c(c4)c4ccc6c(c7ccccc7n6-c6ccccc6)c4n5-c4ccccc4)cc3)cc21.CC1(C)c2ccccc2-c2ccc(Nc3ccc(-c4ccccc4)cc3)cc21. The van der Waals surface area contributed by atoms with Gasteiger partial charge in [-0.15, -0.1) is 0 Å². The maximum Gasteiger partial charge on any atom is 0.0641 e. The molecule has 2 aliphatic rings. The van der Waals surface area contributed by atoms with Gasteiger partial charge < -0.3 is 28.5 Å². The zero-order valence-electron chi connectivity index (χ0n) is 74.1. The highest BCUT2D eigenvalue weighted by Gasteiger charge is 2.38. The number of hydrogen-bond acceptors (Lipinski definition) is 2. The number of hydrogen-bond donors (Lipinski definition) is 1. The molecule has 0 saturated heterocycles. The fourth-order valence-electron chi connectivity index (χ4n) is 21.4. The fourth-order valence-corrected chi connectivity index (χ4v) is 21.6. The van der Waals surface area contributed by atoms with Crippen molar-refractivity contribution in [3.05, 3.63) is 500 Å². The second-order valence-electron chi connectivity index (χ2n) is 36.1. The Morgan fingerprint density at radius 1 is 0.216 bits per heavy atom. The van der Waals surface area contributed by atoms with Gasteiger partial charge in [0, 0.05) is 110 Å². The van der Waals surface area contributed by atoms with Crippen molar-refractivity contribution >= 4 is 132 Å². The summed E-state index contributed by atoms with van der Waals surface area (Å²) in [5.41, 5.74) is 40.4. The number of fused-ring (bicyclic) bond motifs is 20. The zero-order chi connectivity index (χ0) is 89.0. The predicted octanol–water partition coefficient (Wildman–Crippen LogP) is 35.3. The van der Waals surface area contributed by atoms with E-state index in [-0.39, 0.29) is 18.3 Å². The van der Waals surface area contributed by atoms with Crippen molar-refractivity contribution in [2.45, 2.75) is 46.0 Å². The second kappa shape index (κ2) is 33.6. The Hall–Kier alpha value is -16.3. The van der Waals surface area contributed by atoms with Crippen LogP contribution in [0.1, 0.15) is 57.4 Å². The van der Waals surface area contributed by atoms with E-state index in [9.17, 15) is 0 Å². The van der Waals surface area contributed by atoms with Crippen LogP contribution >= 0.6 is 15.9 Å². The monoisotopic (exact) mass is 1780 g/mol. The standard InChI is InChI=1S/C63H45N3.C36H23BrN2.C27H23N.CH4/c1-63(2)56-24-14-12-22-51(56)52-36-35-50(41-57(52)63)64(48-31-26-43(27-32-48)42-16-6-3-7-17-42)49-33-28-44(29-34-49)45-30-38-59-55(40-45)53-37-39-60-61(62(53)66(59)47-20-10-5-11-21-47)54-23-13-15-25-58(54)65(60)46-18-8-4-9-19-46;37-26-18-15-24(16-19-26)25-17-21-33-31(23-25)29-20-22-34-35(36(29)39(33)28-11-5-2-6-12-28)30-13-7-8-14-32(30)38(34)27-9-3-1-4-10-27;1-27(2)25-11-7-6-10-23(25)24-17-16-22(18-26(24)27)28-21-14-12-20(13-15-21)19-8-4-3-5-9-19;/h3-41H,1-2H3;1-23H;3-18,28H,1-2H3;1H4. The molecule has 4 aromatic heterocycles. The van der Waals surface area contributed by atoms with Gasteiger partial charge in [-0.1, -0.05) is 354 Å². The summed E-state index contributed by atoms with van der Waals surface area (Å²) in [4.78, 5) is 2.41. The van der Waals surface area contributed by atoms with E-state index in [1.54, 1.807) is 0 Å². The van der Waals surface area contributed by atoms with Crippen LogP contribution in [0.4, 0.5) is 28.4 Å². The maximum atomic E-state index is 3.58. The number of aromatic nitrogens is 4. The summed E-state index contributed by atoms with van der Waals surface area (Å²) < 4.78 is 10.8. The molecule has 0 fully saturated rings. The maximum absolute atomic E-state index is 3.58. The lowest BCUT2D eigenvalue weighted by Crippen LogP contribution is -2.16. The number of nitrogens with one attached hydrogen (secondary N) is 1. The molecule has 2 aliphatic carbocycles. The molecular formula is C127H95BrN6. The van der Waals surface area contributed by atoms with E-state index in [0.717, 1.165) is 50.0 Å². The highest BCUT2D eigenvalue weighted by atomic mass is 79.9. The van der Waals surface area contributed by atoms with Gasteiger partial charge in [-0.3, -0.25) is 0 Å². The second-order valence-corrected chi connectivity index (χ2v) is 37.0. The summed E-state index contributed by atoms with van der Waals surface area (Å²) in [7, 11) is 0. The molecule has 0 saturated carbocycles. The molecule has 0 bridgehead atoms. The van der Waals surface area contributed by atoms with Crippen molar-refractivity contribution in [2.24, 2.45) is 0 Å². The van der Waals surface area contributed by atoms with E-state index in [0.29, 0.717) is 0 Å². The summed E-state index contributed by atoms with van der Waals surface area (Å²) in [5.74, 6) is 0. The minimum absolute atomic E-state index is 0. The Morgan fingerprint density at radius 2 is 0.522 bits per heavy atom. The van der Waals surface area contributed by atoms with Gasteiger partial charge in [0.05, 0.1) is 44.1 Å². The van der Waals surface area contributed by atoms with E-state index in [1.807, 2.05) is 6.07 Å². The molecule has 26 rings (SSSR count). The number of benzene rings is 20. The summed E-state index contributed by atoms with van der Waals surface area (Å²) in [6.07, 6.45) is 0. The Labute approximate surface area is 789 Å². The van der Waals surface area contributed by atoms with Crippen LogP contribution in [0.15, 0.2) is 478 Å². The van der Waals surface area contributed by atoms with Crippen LogP contribution in [-0.4, -0.2) is 18.3 Å². The van der Waals surface area contributed by atoms with Crippen molar-refractivity contribution in [1.82, 2.24) is 18.3 Å². The lowest BCUT2D eigenvalue weighted by atomic mass is 9.82. The largest absolute Gasteiger partial charge is 0.356 e. The minimum Gasteiger partial charge on any atom is -0.356 e. The molecule has 640 valence electrons. The number of para-hydroxylation sites is 6. The first-order chi connectivity index (χ1) is 65.4. The van der Waals surface area contributed by atoms with Crippen LogP contribution in [0.2, 0.25) is 0 Å². The van der Waals surface area contributed by atoms with Gasteiger partial charge in [-0.2, -0.15) is 0 Å². The fraction of sp³-hybridized carbons (Fsp3) is 0.0551. The molecule has 1 N–H and O–H groups in total. The third-order valence-corrected chi connectivity index (χ3v) is 28.3. The molecule has 0 aliphatic heterocycles. The molecule has 0 amide bonds. The molecule has 0 radical (unpaired) electrons. The molecule has 0 unspecified atom stereocenters. The average molecular weight is 1790 g/mol. The highest BCUT2D eigenvalue weighted by Crippen LogP contribution is 2.54. The lowest BCUT2D eigenvalue weighted by molar-refractivity contribution is 0.660. The highest BCUT2D eigenvalue weighted by molar-refractivity contribution is 9.10. The van der Waals surface area contributed by atoms with Crippen LogP contribution in [0, 0.1) is 0 Å². The van der Waals surface area contributed by atoms with Gasteiger partial charge in [0.1, 0.15) is 0 Å². The van der Waals surface area contributed by atoms with Crippen LogP contribution in [0.3, 0.4) is 0 Å². The van der Waals surface area contributed by atoms with Gasteiger partial charge in [0.15, 0.2) is 0 Å². The lowest BCUT2D eigenvalue weighted by Gasteiger charge is -2.28. The molecule has 4 heterocycles. The molecule has 134 heavy (non-hydrogen) atoms. The van der Waals surface area contributed by atoms with Crippen molar-refractivity contribution in [3.63, 3.8) is 0 Å². The third kappa shape index (κ3) is 14.0. The normalized spacial score (nSPS) is 12.6. The smallest absolute Gasteiger partial charge is 0.0641 e. The van der Waals surface area contributed by atoms with Crippen molar-refractivity contribution in [3.8, 4) is 89.5 Å². The van der Waals surface area contributed by atoms with Crippen molar-refractivity contribution < 1.29 is 0 Å². The Morgan fingerprint density at radius 3 is 0.963 bits per heavy atom. The minimum atomic E-state index is -0.109. The first-order valence-corrected chi connectivity index (χ1v) is 46.7. The topological polar surface area (TPSA) is 35.0 Å². The van der Waals surface area contributed by atoms with E-state index in [1.165, 1.54) is 182 Å². The summed E-state index contributed by atoms with van der Waals surface area (Å²) in [5, 5.41) is 13.6. The van der Waals surface area contributed by atoms with Gasteiger partial charge in [0.2, 0.25) is 0 Å². The van der Waals surface area contributed by atoms with Crippen molar-refractivity contribution in [1.29, 1.82) is 0 Å². The van der Waals surface area contributed by atoms with Crippen molar-refractivity contribution in [2.75, 3.05) is 10.2 Å². The summed E-state index contributed by atoms with van der Waals surface area (Å²) in [6, 6.07) is 172. The van der Waals surface area contributed by atoms with Gasteiger partial charge >= 0.3 is 0 Å². The van der Waals surface area contributed by atoms with Gasteiger partial charge in [-0.25, -0.2) is 0 Å². The van der Waals surface area contributed by atoms with Crippen LogP contribution in [-0.2, 0) is 10.8 Å². The van der Waals surface area contributed by atoms with E-state index < -0.39 is 0 Å². The number of anilines is 5. The molecule has 0 atom stereocenters. The van der Waals surface area contributed by atoms with E-state index in [2.05, 4.69) is 539 Å². The van der Waals surface area contributed by atoms with Crippen LogP contribution < -0.4 is 10.2 Å². The molecule has 0 spiro atoms. The molecule has 20 aromatic carbocycles. The number of halogens is 1. The third-order valence-electron chi connectivity index (χ3n) is 27.7. The zero-order valence-corrected chi connectivity index (χ0v) is 75.7. The number of nitrogens with zero attached hydrogens (tertiary/aromatic N) is 5.